The van der Waals surface area contributed by atoms with Crippen LogP contribution in [0.25, 0.3) is 6.08 Å². The number of hydrogen-bond donors (Lipinski definition) is 0. The van der Waals surface area contributed by atoms with Crippen molar-refractivity contribution in [3.05, 3.63) is 65.7 Å². The quantitative estimate of drug-likeness (QED) is 0.0397. The summed E-state index contributed by atoms with van der Waals surface area (Å²) < 4.78 is 11.9. The second kappa shape index (κ2) is 34.2. The summed E-state index contributed by atoms with van der Waals surface area (Å²) in [5.41, 5.74) is 1.68. The number of carbonyl (C=O) groups is 1. The van der Waals surface area contributed by atoms with Gasteiger partial charge in [-0.1, -0.05) is 212 Å². The summed E-state index contributed by atoms with van der Waals surface area (Å²) in [7, 11) is 0. The molecule has 3 heteroatoms. The molecule has 0 aliphatic carbocycles. The van der Waals surface area contributed by atoms with Crippen LogP contribution in [0, 0.1) is 0 Å². The first-order valence-corrected chi connectivity index (χ1v) is 22.4. The first kappa shape index (κ1) is 45.6. The maximum Gasteiger partial charge on any atom is 0.185 e. The van der Waals surface area contributed by atoms with Crippen molar-refractivity contribution in [2.45, 2.75) is 206 Å². The molecule has 3 nitrogen and oxygen atoms in total. The van der Waals surface area contributed by atoms with Gasteiger partial charge in [0.1, 0.15) is 11.5 Å². The molecule has 2 rings (SSSR count). The molecule has 52 heavy (non-hydrogen) atoms. The molecule has 0 saturated heterocycles. The zero-order chi connectivity index (χ0) is 37.0. The van der Waals surface area contributed by atoms with Crippen molar-refractivity contribution in [3.8, 4) is 11.5 Å². The largest absolute Gasteiger partial charge is 0.494 e. The van der Waals surface area contributed by atoms with Crippen molar-refractivity contribution < 1.29 is 14.3 Å². The predicted octanol–water partition coefficient (Wildman–Crippen LogP) is 16.1. The normalized spacial score (nSPS) is 11.4. The molecule has 0 radical (unpaired) electrons. The number of ketones is 1. The standard InChI is InChI=1S/C49H80O3/c1-3-5-7-9-11-13-15-17-19-20-22-24-26-28-30-32-44-52-48-40-36-46(37-41-48)49(50)42-35-45-33-38-47(39-34-45)51-43-31-29-27-25-23-21-18-16-14-12-10-8-6-4-2/h33-42H,3-32,43-44H2,1-2H3/b42-35+. The second-order valence-electron chi connectivity index (χ2n) is 15.4. The summed E-state index contributed by atoms with van der Waals surface area (Å²) in [4.78, 5) is 12.7. The molecule has 0 spiro atoms. The monoisotopic (exact) mass is 717 g/mol. The van der Waals surface area contributed by atoms with Crippen LogP contribution in [-0.4, -0.2) is 19.0 Å². The highest BCUT2D eigenvalue weighted by atomic mass is 16.5. The van der Waals surface area contributed by atoms with E-state index in [4.69, 9.17) is 9.47 Å². The van der Waals surface area contributed by atoms with E-state index in [2.05, 4.69) is 13.8 Å². The third-order valence-electron chi connectivity index (χ3n) is 10.5. The van der Waals surface area contributed by atoms with Gasteiger partial charge in [-0.25, -0.2) is 0 Å². The maximum absolute atomic E-state index is 12.7. The van der Waals surface area contributed by atoms with E-state index in [0.29, 0.717) is 5.56 Å². The Morgan fingerprint density at radius 2 is 0.692 bits per heavy atom. The molecule has 0 aliphatic rings. The zero-order valence-electron chi connectivity index (χ0n) is 34.1. The molecule has 2 aromatic carbocycles. The number of allylic oxidation sites excluding steroid dienone is 1. The average Bonchev–Trinajstić information content (AvgIpc) is 3.17. The van der Waals surface area contributed by atoms with Gasteiger partial charge in [-0.3, -0.25) is 4.79 Å². The second-order valence-corrected chi connectivity index (χ2v) is 15.4. The lowest BCUT2D eigenvalue weighted by molar-refractivity contribution is 0.104. The fraction of sp³-hybridized carbons (Fsp3) is 0.694. The van der Waals surface area contributed by atoms with Crippen LogP contribution >= 0.6 is 0 Å². The van der Waals surface area contributed by atoms with E-state index in [1.165, 1.54) is 180 Å². The van der Waals surface area contributed by atoms with Gasteiger partial charge in [0, 0.05) is 5.56 Å². The minimum absolute atomic E-state index is 0.00230. The Bertz CT molecular complexity index is 1090. The van der Waals surface area contributed by atoms with Crippen LogP contribution in [0.4, 0.5) is 0 Å². The lowest BCUT2D eigenvalue weighted by atomic mass is 10.0. The summed E-state index contributed by atoms with van der Waals surface area (Å²) in [6.45, 7) is 6.09. The molecule has 0 atom stereocenters. The topological polar surface area (TPSA) is 35.5 Å². The van der Waals surface area contributed by atoms with E-state index in [-0.39, 0.29) is 5.78 Å². The highest BCUT2D eigenvalue weighted by Crippen LogP contribution is 2.18. The minimum atomic E-state index is 0.00230. The molecule has 294 valence electrons. The molecule has 0 aliphatic heterocycles. The van der Waals surface area contributed by atoms with Gasteiger partial charge >= 0.3 is 0 Å². The van der Waals surface area contributed by atoms with E-state index in [1.54, 1.807) is 6.08 Å². The molecule has 0 fully saturated rings. The van der Waals surface area contributed by atoms with E-state index < -0.39 is 0 Å². The van der Waals surface area contributed by atoms with Gasteiger partial charge in [0.05, 0.1) is 13.2 Å². The van der Waals surface area contributed by atoms with Crippen LogP contribution in [0.15, 0.2) is 54.6 Å². The zero-order valence-corrected chi connectivity index (χ0v) is 34.1. The Morgan fingerprint density at radius 3 is 1.02 bits per heavy atom. The van der Waals surface area contributed by atoms with Crippen LogP contribution in [0.3, 0.4) is 0 Å². The number of ether oxygens (including phenoxy) is 2. The third-order valence-corrected chi connectivity index (χ3v) is 10.5. The van der Waals surface area contributed by atoms with Crippen LogP contribution in [0.5, 0.6) is 11.5 Å². The van der Waals surface area contributed by atoms with Crippen LogP contribution in [0.1, 0.15) is 222 Å². The van der Waals surface area contributed by atoms with Gasteiger partial charge in [-0.05, 0) is 60.9 Å². The summed E-state index contributed by atoms with van der Waals surface area (Å²) in [6.07, 6.45) is 44.6. The van der Waals surface area contributed by atoms with Gasteiger partial charge < -0.3 is 9.47 Å². The van der Waals surface area contributed by atoms with Crippen LogP contribution in [0.2, 0.25) is 0 Å². The van der Waals surface area contributed by atoms with Crippen molar-refractivity contribution in [3.63, 3.8) is 0 Å². The minimum Gasteiger partial charge on any atom is -0.494 e. The lowest BCUT2D eigenvalue weighted by Crippen LogP contribution is -1.99. The fourth-order valence-electron chi connectivity index (χ4n) is 6.99. The SMILES string of the molecule is CCCCCCCCCCCCCCCCCCOc1ccc(C(=O)/C=C/c2ccc(OCCCCCCCCCCCCCCCC)cc2)cc1. The van der Waals surface area contributed by atoms with Crippen molar-refractivity contribution in [1.82, 2.24) is 0 Å². The Balaban J connectivity index is 1.43. The molecule has 2 aromatic rings. The van der Waals surface area contributed by atoms with Gasteiger partial charge in [0.25, 0.3) is 0 Å². The van der Waals surface area contributed by atoms with Gasteiger partial charge in [-0.15, -0.1) is 0 Å². The van der Waals surface area contributed by atoms with Crippen molar-refractivity contribution >= 4 is 11.9 Å². The lowest BCUT2D eigenvalue weighted by Gasteiger charge is -2.07. The first-order chi connectivity index (χ1) is 25.7. The van der Waals surface area contributed by atoms with E-state index in [1.807, 2.05) is 54.6 Å². The Hall–Kier alpha value is -2.55. The molecule has 0 saturated carbocycles. The number of benzene rings is 2. The van der Waals surface area contributed by atoms with Crippen molar-refractivity contribution in [2.24, 2.45) is 0 Å². The van der Waals surface area contributed by atoms with Crippen molar-refractivity contribution in [1.29, 1.82) is 0 Å². The molecule has 0 bridgehead atoms. The number of carbonyl (C=O) groups excluding carboxylic acids is 1. The summed E-state index contributed by atoms with van der Waals surface area (Å²) in [5, 5.41) is 0. The predicted molar refractivity (Wildman–Crippen MR) is 227 cm³/mol. The maximum atomic E-state index is 12.7. The molecule has 0 aromatic heterocycles. The Kier molecular flexibility index (Phi) is 30.0. The Morgan fingerprint density at radius 1 is 0.404 bits per heavy atom. The molecule has 0 amide bonds. The summed E-state index contributed by atoms with van der Waals surface area (Å²) >= 11 is 0. The molecule has 0 heterocycles. The van der Waals surface area contributed by atoms with Crippen LogP contribution in [-0.2, 0) is 0 Å². The fourth-order valence-corrected chi connectivity index (χ4v) is 6.99. The van der Waals surface area contributed by atoms with E-state index in [0.717, 1.165) is 43.1 Å². The number of rotatable bonds is 37. The molecule has 0 unspecified atom stereocenters. The van der Waals surface area contributed by atoms with E-state index >= 15 is 0 Å². The Labute approximate surface area is 322 Å². The molecule has 0 N–H and O–H groups in total. The average molecular weight is 717 g/mol. The summed E-state index contributed by atoms with van der Waals surface area (Å²) in [6, 6.07) is 15.6. The number of hydrogen-bond acceptors (Lipinski definition) is 3. The highest BCUT2D eigenvalue weighted by Gasteiger charge is 2.04. The van der Waals surface area contributed by atoms with Crippen LogP contribution < -0.4 is 9.47 Å². The highest BCUT2D eigenvalue weighted by molar-refractivity contribution is 6.06. The molecular weight excluding hydrogens is 637 g/mol. The smallest absolute Gasteiger partial charge is 0.185 e. The summed E-state index contributed by atoms with van der Waals surface area (Å²) in [5.74, 6) is 1.74. The van der Waals surface area contributed by atoms with E-state index in [9.17, 15) is 4.79 Å². The van der Waals surface area contributed by atoms with Gasteiger partial charge in [-0.2, -0.15) is 0 Å². The van der Waals surface area contributed by atoms with Gasteiger partial charge in [0.2, 0.25) is 0 Å². The van der Waals surface area contributed by atoms with Gasteiger partial charge in [0.15, 0.2) is 5.78 Å². The first-order valence-electron chi connectivity index (χ1n) is 22.4. The molecular formula is C49H80O3. The number of unbranched alkanes of at least 4 members (excludes halogenated alkanes) is 28. The van der Waals surface area contributed by atoms with Crippen molar-refractivity contribution in [2.75, 3.05) is 13.2 Å². The third kappa shape index (κ3) is 26.3.